The molecule has 6 nitrogen and oxygen atoms in total. The molecule has 6 heteroatoms. The first kappa shape index (κ1) is 17.1. The number of aromatic nitrogens is 1. The van der Waals surface area contributed by atoms with Crippen LogP contribution >= 0.6 is 0 Å². The molecule has 1 N–H and O–H groups in total. The van der Waals surface area contributed by atoms with Crippen LogP contribution in [0.1, 0.15) is 22.8 Å². The van der Waals surface area contributed by atoms with Gasteiger partial charge in [-0.05, 0) is 35.9 Å². The Balaban J connectivity index is 1.53. The number of hydrogen-bond acceptors (Lipinski definition) is 4. The largest absolute Gasteiger partial charge is 0.336 e. The zero-order valence-electron chi connectivity index (χ0n) is 14.3. The third-order valence-corrected chi connectivity index (χ3v) is 4.24. The fourth-order valence-electron chi connectivity index (χ4n) is 2.94. The molecule has 1 aromatic heterocycles. The molecule has 1 saturated heterocycles. The molecular formula is C19H22N4O2. The van der Waals surface area contributed by atoms with Gasteiger partial charge >= 0.3 is 0 Å². The molecule has 0 bridgehead atoms. The second kappa shape index (κ2) is 7.90. The molecule has 0 saturated carbocycles. The Kier molecular flexibility index (Phi) is 5.40. The summed E-state index contributed by atoms with van der Waals surface area (Å²) in [5, 5.41) is 2.70. The van der Waals surface area contributed by atoms with E-state index in [2.05, 4.69) is 21.3 Å². The summed E-state index contributed by atoms with van der Waals surface area (Å²) in [4.78, 5) is 32.0. The van der Waals surface area contributed by atoms with Gasteiger partial charge in [0.15, 0.2) is 0 Å². The summed E-state index contributed by atoms with van der Waals surface area (Å²) < 4.78 is 0. The van der Waals surface area contributed by atoms with Gasteiger partial charge in [-0.1, -0.05) is 6.07 Å². The standard InChI is InChI=1S/C19H22N4O2/c1-15(24)21-18-6-4-17(5-7-18)19(25)23-11-9-22(10-12-23)14-16-3-2-8-20-13-16/h2-8,13H,9-12,14H2,1H3,(H,21,24). The predicted molar refractivity (Wildman–Crippen MR) is 96.2 cm³/mol. The minimum absolute atomic E-state index is 0.0374. The molecule has 0 radical (unpaired) electrons. The molecule has 1 aliphatic heterocycles. The lowest BCUT2D eigenvalue weighted by Gasteiger charge is -2.34. The maximum atomic E-state index is 12.6. The number of nitrogens with one attached hydrogen (secondary N) is 1. The van der Waals surface area contributed by atoms with Crippen molar-refractivity contribution in [2.24, 2.45) is 0 Å². The van der Waals surface area contributed by atoms with E-state index in [0.717, 1.165) is 19.6 Å². The van der Waals surface area contributed by atoms with Crippen molar-refractivity contribution in [1.29, 1.82) is 0 Å². The Hall–Kier alpha value is -2.73. The Bertz CT molecular complexity index is 723. The van der Waals surface area contributed by atoms with E-state index in [1.165, 1.54) is 12.5 Å². The predicted octanol–water partition coefficient (Wildman–Crippen LogP) is 2.00. The van der Waals surface area contributed by atoms with Gasteiger partial charge in [-0.15, -0.1) is 0 Å². The zero-order valence-corrected chi connectivity index (χ0v) is 14.3. The Morgan fingerprint density at radius 1 is 1.08 bits per heavy atom. The van der Waals surface area contributed by atoms with E-state index in [0.29, 0.717) is 24.3 Å². The van der Waals surface area contributed by atoms with Crippen LogP contribution < -0.4 is 5.32 Å². The quantitative estimate of drug-likeness (QED) is 0.926. The summed E-state index contributed by atoms with van der Waals surface area (Å²) in [6, 6.07) is 11.0. The van der Waals surface area contributed by atoms with Crippen molar-refractivity contribution in [2.45, 2.75) is 13.5 Å². The smallest absolute Gasteiger partial charge is 0.253 e. The number of piperazine rings is 1. The van der Waals surface area contributed by atoms with Crippen LogP contribution in [0.4, 0.5) is 5.69 Å². The highest BCUT2D eigenvalue weighted by Gasteiger charge is 2.22. The summed E-state index contributed by atoms with van der Waals surface area (Å²) in [7, 11) is 0. The first-order chi connectivity index (χ1) is 12.1. The van der Waals surface area contributed by atoms with E-state index in [9.17, 15) is 9.59 Å². The van der Waals surface area contributed by atoms with Crippen LogP contribution in [0.3, 0.4) is 0 Å². The van der Waals surface area contributed by atoms with Gasteiger partial charge in [0.05, 0.1) is 0 Å². The molecule has 0 aliphatic carbocycles. The van der Waals surface area contributed by atoms with Crippen LogP contribution in [0.15, 0.2) is 48.8 Å². The van der Waals surface area contributed by atoms with Crippen molar-refractivity contribution in [3.8, 4) is 0 Å². The average molecular weight is 338 g/mol. The second-order valence-corrected chi connectivity index (χ2v) is 6.19. The maximum absolute atomic E-state index is 12.6. The van der Waals surface area contributed by atoms with Crippen LogP contribution in [0.25, 0.3) is 0 Å². The summed E-state index contributed by atoms with van der Waals surface area (Å²) in [5.74, 6) is -0.0841. The van der Waals surface area contributed by atoms with Gasteiger partial charge in [0.2, 0.25) is 5.91 Å². The van der Waals surface area contributed by atoms with Gasteiger partial charge in [-0.3, -0.25) is 19.5 Å². The highest BCUT2D eigenvalue weighted by molar-refractivity contribution is 5.95. The van der Waals surface area contributed by atoms with Crippen molar-refractivity contribution in [3.63, 3.8) is 0 Å². The van der Waals surface area contributed by atoms with Gasteiger partial charge in [-0.25, -0.2) is 0 Å². The van der Waals surface area contributed by atoms with Gasteiger partial charge in [0.1, 0.15) is 0 Å². The number of amides is 2. The van der Waals surface area contributed by atoms with E-state index < -0.39 is 0 Å². The number of nitrogens with zero attached hydrogens (tertiary/aromatic N) is 3. The number of carbonyl (C=O) groups is 2. The van der Waals surface area contributed by atoms with Gasteiger partial charge in [0.25, 0.3) is 5.91 Å². The number of carbonyl (C=O) groups excluding carboxylic acids is 2. The number of rotatable bonds is 4. The minimum atomic E-state index is -0.121. The van der Waals surface area contributed by atoms with Crippen molar-refractivity contribution in [2.75, 3.05) is 31.5 Å². The topological polar surface area (TPSA) is 65.5 Å². The van der Waals surface area contributed by atoms with Crippen LogP contribution in [0.5, 0.6) is 0 Å². The highest BCUT2D eigenvalue weighted by atomic mass is 16.2. The summed E-state index contributed by atoms with van der Waals surface area (Å²) in [6.45, 7) is 5.46. The van der Waals surface area contributed by atoms with Crippen molar-refractivity contribution in [3.05, 3.63) is 59.9 Å². The fraction of sp³-hybridized carbons (Fsp3) is 0.316. The molecular weight excluding hydrogens is 316 g/mol. The minimum Gasteiger partial charge on any atom is -0.336 e. The molecule has 25 heavy (non-hydrogen) atoms. The molecule has 0 spiro atoms. The third kappa shape index (κ3) is 4.64. The fourth-order valence-corrected chi connectivity index (χ4v) is 2.94. The lowest BCUT2D eigenvalue weighted by atomic mass is 10.1. The molecule has 2 aromatic rings. The molecule has 1 aliphatic rings. The van der Waals surface area contributed by atoms with E-state index in [-0.39, 0.29) is 11.8 Å². The lowest BCUT2D eigenvalue weighted by molar-refractivity contribution is -0.114. The number of pyridine rings is 1. The second-order valence-electron chi connectivity index (χ2n) is 6.19. The maximum Gasteiger partial charge on any atom is 0.253 e. The summed E-state index contributed by atoms with van der Waals surface area (Å²) in [5.41, 5.74) is 2.54. The van der Waals surface area contributed by atoms with E-state index in [1.807, 2.05) is 17.2 Å². The SMILES string of the molecule is CC(=O)Nc1ccc(C(=O)N2CCN(Cc3cccnc3)CC2)cc1. The molecule has 130 valence electrons. The number of benzene rings is 1. The third-order valence-electron chi connectivity index (χ3n) is 4.24. The summed E-state index contributed by atoms with van der Waals surface area (Å²) >= 11 is 0. The number of hydrogen-bond donors (Lipinski definition) is 1. The van der Waals surface area contributed by atoms with E-state index in [4.69, 9.17) is 0 Å². The average Bonchev–Trinajstić information content (AvgIpc) is 2.63. The first-order valence-corrected chi connectivity index (χ1v) is 8.40. The Morgan fingerprint density at radius 2 is 1.80 bits per heavy atom. The van der Waals surface area contributed by atoms with Crippen molar-refractivity contribution >= 4 is 17.5 Å². The van der Waals surface area contributed by atoms with Crippen LogP contribution in [-0.2, 0) is 11.3 Å². The van der Waals surface area contributed by atoms with Crippen LogP contribution in [-0.4, -0.2) is 52.8 Å². The van der Waals surface area contributed by atoms with E-state index >= 15 is 0 Å². The van der Waals surface area contributed by atoms with Gasteiger partial charge in [0, 0.05) is 63.3 Å². The monoisotopic (exact) mass is 338 g/mol. The van der Waals surface area contributed by atoms with Crippen LogP contribution in [0, 0.1) is 0 Å². The van der Waals surface area contributed by atoms with Crippen molar-refractivity contribution in [1.82, 2.24) is 14.8 Å². The molecule has 1 fully saturated rings. The highest BCUT2D eigenvalue weighted by Crippen LogP contribution is 2.14. The normalized spacial score (nSPS) is 15.0. The van der Waals surface area contributed by atoms with Gasteiger partial charge < -0.3 is 10.2 Å². The molecule has 3 rings (SSSR count). The Labute approximate surface area is 147 Å². The van der Waals surface area contributed by atoms with Crippen molar-refractivity contribution < 1.29 is 9.59 Å². The molecule has 2 heterocycles. The molecule has 0 atom stereocenters. The van der Waals surface area contributed by atoms with E-state index in [1.54, 1.807) is 30.5 Å². The molecule has 2 amide bonds. The molecule has 1 aromatic carbocycles. The first-order valence-electron chi connectivity index (χ1n) is 8.40. The van der Waals surface area contributed by atoms with Gasteiger partial charge in [-0.2, -0.15) is 0 Å². The lowest BCUT2D eigenvalue weighted by Crippen LogP contribution is -2.48. The Morgan fingerprint density at radius 3 is 2.40 bits per heavy atom. The molecule has 0 unspecified atom stereocenters. The van der Waals surface area contributed by atoms with Crippen LogP contribution in [0.2, 0.25) is 0 Å². The summed E-state index contributed by atoms with van der Waals surface area (Å²) in [6.07, 6.45) is 3.66. The number of anilines is 1. The zero-order chi connectivity index (χ0) is 17.6.